The van der Waals surface area contributed by atoms with Crippen molar-refractivity contribution in [2.45, 2.75) is 13.3 Å². The van der Waals surface area contributed by atoms with Crippen LogP contribution in [0.15, 0.2) is 0 Å². The third kappa shape index (κ3) is 3.85. The van der Waals surface area contributed by atoms with E-state index in [2.05, 4.69) is 44.9 Å². The third-order valence-corrected chi connectivity index (χ3v) is 1.54. The van der Waals surface area contributed by atoms with Gasteiger partial charge in [0.15, 0.2) is 0 Å². The van der Waals surface area contributed by atoms with E-state index in [4.69, 9.17) is 0 Å². The third-order valence-electron chi connectivity index (χ3n) is 1.54. The zero-order valence-corrected chi connectivity index (χ0v) is 7.81. The maximum absolute atomic E-state index is 2.19. The van der Waals surface area contributed by atoms with Crippen molar-refractivity contribution in [2.75, 3.05) is 34.7 Å². The fourth-order valence-corrected chi connectivity index (χ4v) is 0.934. The van der Waals surface area contributed by atoms with Crippen molar-refractivity contribution in [1.82, 2.24) is 9.80 Å². The van der Waals surface area contributed by atoms with E-state index in [1.54, 1.807) is 0 Å². The van der Waals surface area contributed by atoms with Gasteiger partial charge in [0, 0.05) is 6.54 Å². The van der Waals surface area contributed by atoms with E-state index in [0.29, 0.717) is 0 Å². The van der Waals surface area contributed by atoms with Crippen molar-refractivity contribution >= 4 is 0 Å². The lowest BCUT2D eigenvalue weighted by atomic mass is 10.2. The smallest absolute Gasteiger partial charge is 0.0524 e. The van der Waals surface area contributed by atoms with Gasteiger partial charge < -0.3 is 9.80 Å². The van der Waals surface area contributed by atoms with E-state index in [9.17, 15) is 0 Å². The van der Waals surface area contributed by atoms with E-state index in [-0.39, 0.29) is 0 Å². The molecule has 0 aliphatic heterocycles. The van der Waals surface area contributed by atoms with Gasteiger partial charge in [-0.25, -0.2) is 0 Å². The topological polar surface area (TPSA) is 6.48 Å². The van der Waals surface area contributed by atoms with E-state index in [1.807, 2.05) is 0 Å². The molecule has 0 amide bonds. The van der Waals surface area contributed by atoms with E-state index in [0.717, 1.165) is 13.0 Å². The molecule has 0 aromatic carbocycles. The second-order valence-corrected chi connectivity index (χ2v) is 3.05. The molecule has 0 N–H and O–H groups in total. The van der Waals surface area contributed by atoms with Gasteiger partial charge in [0.2, 0.25) is 0 Å². The Balaban J connectivity index is 3.60. The highest BCUT2D eigenvalue weighted by Crippen LogP contribution is 2.08. The Morgan fingerprint density at radius 3 is 1.70 bits per heavy atom. The van der Waals surface area contributed by atoms with E-state index >= 15 is 0 Å². The first-order valence-electron chi connectivity index (χ1n) is 3.74. The SMILES string of the molecule is CC[C](CN(C)C)N(C)C. The van der Waals surface area contributed by atoms with Crippen LogP contribution in [0.4, 0.5) is 0 Å². The van der Waals surface area contributed by atoms with Crippen LogP contribution in [-0.4, -0.2) is 44.5 Å². The number of hydrogen-bond donors (Lipinski definition) is 0. The second kappa shape index (κ2) is 4.69. The van der Waals surface area contributed by atoms with Gasteiger partial charge in [0.1, 0.15) is 0 Å². The summed E-state index contributed by atoms with van der Waals surface area (Å²) in [6.07, 6.45) is 1.14. The molecule has 0 aliphatic rings. The summed E-state index contributed by atoms with van der Waals surface area (Å²) in [6.45, 7) is 3.27. The monoisotopic (exact) mass is 143 g/mol. The van der Waals surface area contributed by atoms with Crippen LogP contribution >= 0.6 is 0 Å². The Kier molecular flexibility index (Phi) is 4.65. The molecule has 10 heavy (non-hydrogen) atoms. The van der Waals surface area contributed by atoms with Crippen molar-refractivity contribution in [3.63, 3.8) is 0 Å². The van der Waals surface area contributed by atoms with Gasteiger partial charge in [0.25, 0.3) is 0 Å². The first-order valence-corrected chi connectivity index (χ1v) is 3.74. The van der Waals surface area contributed by atoms with Crippen molar-refractivity contribution in [1.29, 1.82) is 0 Å². The standard InChI is InChI=1S/C8H19N2/c1-6-8(10(4)5)7-9(2)3/h6-7H2,1-5H3. The van der Waals surface area contributed by atoms with E-state index in [1.165, 1.54) is 6.04 Å². The van der Waals surface area contributed by atoms with Gasteiger partial charge in [-0.3, -0.25) is 0 Å². The summed E-state index contributed by atoms with van der Waals surface area (Å²) in [6, 6.07) is 1.48. The van der Waals surface area contributed by atoms with Crippen LogP contribution in [0.2, 0.25) is 0 Å². The summed E-state index contributed by atoms with van der Waals surface area (Å²) in [5, 5.41) is 0. The molecule has 61 valence electrons. The molecule has 2 heteroatoms. The normalized spacial score (nSPS) is 12.0. The lowest BCUT2D eigenvalue weighted by Crippen LogP contribution is -2.29. The zero-order valence-electron chi connectivity index (χ0n) is 7.81. The van der Waals surface area contributed by atoms with Crippen LogP contribution in [0.3, 0.4) is 0 Å². The fraction of sp³-hybridized carbons (Fsp3) is 0.875. The molecule has 0 aromatic rings. The molecule has 0 aliphatic carbocycles. The highest BCUT2D eigenvalue weighted by Gasteiger charge is 2.09. The maximum atomic E-state index is 2.19. The lowest BCUT2D eigenvalue weighted by Gasteiger charge is -2.24. The summed E-state index contributed by atoms with van der Waals surface area (Å²) in [4.78, 5) is 4.39. The quantitative estimate of drug-likeness (QED) is 0.580. The molecule has 0 rings (SSSR count). The van der Waals surface area contributed by atoms with E-state index < -0.39 is 0 Å². The first-order chi connectivity index (χ1) is 4.57. The van der Waals surface area contributed by atoms with Gasteiger partial charge in [-0.1, -0.05) is 6.92 Å². The van der Waals surface area contributed by atoms with Crippen molar-refractivity contribution in [3.8, 4) is 0 Å². The largest absolute Gasteiger partial charge is 0.307 e. The molecular formula is C8H19N2. The molecule has 0 atom stereocenters. The minimum absolute atomic E-state index is 1.07. The number of likely N-dealkylation sites (N-methyl/N-ethyl adjacent to an activating group) is 2. The summed E-state index contributed by atoms with van der Waals surface area (Å²) >= 11 is 0. The molecule has 1 radical (unpaired) electrons. The summed E-state index contributed by atoms with van der Waals surface area (Å²) < 4.78 is 0. The average Bonchev–Trinajstić information content (AvgIpc) is 1.81. The number of hydrogen-bond acceptors (Lipinski definition) is 2. The Hall–Kier alpha value is -0.0800. The Morgan fingerprint density at radius 2 is 1.60 bits per heavy atom. The molecule has 0 unspecified atom stereocenters. The predicted octanol–water partition coefficient (Wildman–Crippen LogP) is 1.05. The second-order valence-electron chi connectivity index (χ2n) is 3.05. The van der Waals surface area contributed by atoms with Gasteiger partial charge in [-0.2, -0.15) is 0 Å². The Bertz CT molecular complexity index is 79.3. The minimum Gasteiger partial charge on any atom is -0.307 e. The highest BCUT2D eigenvalue weighted by atomic mass is 15.2. The molecule has 0 aromatic heterocycles. The number of nitrogens with zero attached hydrogens (tertiary/aromatic N) is 2. The van der Waals surface area contributed by atoms with Gasteiger partial charge >= 0.3 is 0 Å². The van der Waals surface area contributed by atoms with Crippen LogP contribution in [0.25, 0.3) is 0 Å². The molecule has 0 bridgehead atoms. The summed E-state index contributed by atoms with van der Waals surface area (Å²) in [5.74, 6) is 0. The molecule has 2 nitrogen and oxygen atoms in total. The van der Waals surface area contributed by atoms with Crippen LogP contribution in [0, 0.1) is 6.04 Å². The molecule has 0 saturated carbocycles. The average molecular weight is 143 g/mol. The van der Waals surface area contributed by atoms with Crippen LogP contribution in [0.1, 0.15) is 13.3 Å². The Morgan fingerprint density at radius 1 is 1.10 bits per heavy atom. The van der Waals surface area contributed by atoms with Crippen molar-refractivity contribution < 1.29 is 0 Å². The fourth-order valence-electron chi connectivity index (χ4n) is 0.934. The minimum atomic E-state index is 1.07. The lowest BCUT2D eigenvalue weighted by molar-refractivity contribution is 0.309. The number of rotatable bonds is 4. The first kappa shape index (κ1) is 9.92. The zero-order chi connectivity index (χ0) is 8.15. The van der Waals surface area contributed by atoms with Gasteiger partial charge in [-0.05, 0) is 34.6 Å². The summed E-state index contributed by atoms with van der Waals surface area (Å²) in [7, 11) is 8.39. The molecule has 0 heterocycles. The van der Waals surface area contributed by atoms with Crippen molar-refractivity contribution in [3.05, 3.63) is 6.04 Å². The molecule has 0 saturated heterocycles. The maximum Gasteiger partial charge on any atom is 0.0524 e. The molecular weight excluding hydrogens is 124 g/mol. The molecule has 0 fully saturated rings. The van der Waals surface area contributed by atoms with Gasteiger partial charge in [0.05, 0.1) is 6.04 Å². The van der Waals surface area contributed by atoms with Crippen LogP contribution in [-0.2, 0) is 0 Å². The van der Waals surface area contributed by atoms with Gasteiger partial charge in [-0.15, -0.1) is 0 Å². The Labute approximate surface area is 64.8 Å². The highest BCUT2D eigenvalue weighted by molar-refractivity contribution is 4.86. The molecule has 0 spiro atoms. The predicted molar refractivity (Wildman–Crippen MR) is 45.8 cm³/mol. The van der Waals surface area contributed by atoms with Crippen LogP contribution < -0.4 is 0 Å². The van der Waals surface area contributed by atoms with Crippen molar-refractivity contribution in [2.24, 2.45) is 0 Å². The van der Waals surface area contributed by atoms with Crippen LogP contribution in [0.5, 0.6) is 0 Å². The summed E-state index contributed by atoms with van der Waals surface area (Å²) in [5.41, 5.74) is 0.